The van der Waals surface area contributed by atoms with E-state index in [-0.39, 0.29) is 35.8 Å². The quantitative estimate of drug-likeness (QED) is 0.408. The first-order valence-electron chi connectivity index (χ1n) is 9.31. The summed E-state index contributed by atoms with van der Waals surface area (Å²) in [7, 11) is 0. The molecule has 2 rings (SSSR count). The van der Waals surface area contributed by atoms with Crippen LogP contribution in [0.4, 0.5) is 5.69 Å². The number of carbonyl (C=O) groups is 4. The summed E-state index contributed by atoms with van der Waals surface area (Å²) in [5.41, 5.74) is 5.95. The highest BCUT2D eigenvalue weighted by atomic mass is 35.5. The van der Waals surface area contributed by atoms with E-state index in [2.05, 4.69) is 16.2 Å². The number of anilines is 1. The van der Waals surface area contributed by atoms with Crippen LogP contribution in [0.15, 0.2) is 42.5 Å². The van der Waals surface area contributed by atoms with Crippen molar-refractivity contribution in [1.29, 1.82) is 0 Å². The van der Waals surface area contributed by atoms with Crippen LogP contribution >= 0.6 is 23.2 Å². The van der Waals surface area contributed by atoms with Gasteiger partial charge in [-0.25, -0.2) is 0 Å². The lowest BCUT2D eigenvalue weighted by Gasteiger charge is -2.09. The number of ether oxygens (including phenoxy) is 1. The Morgan fingerprint density at radius 2 is 1.65 bits per heavy atom. The van der Waals surface area contributed by atoms with Crippen LogP contribution in [0, 0.1) is 6.92 Å². The largest absolute Gasteiger partial charge is 0.455 e. The summed E-state index contributed by atoms with van der Waals surface area (Å²) in [4.78, 5) is 47.3. The molecular weight excluding hydrogens is 445 g/mol. The van der Waals surface area contributed by atoms with Crippen LogP contribution in [0.25, 0.3) is 0 Å². The summed E-state index contributed by atoms with van der Waals surface area (Å²) in [5.74, 6) is -2.24. The Hall–Kier alpha value is -3.10. The van der Waals surface area contributed by atoms with Crippen molar-refractivity contribution in [3.8, 4) is 0 Å². The van der Waals surface area contributed by atoms with Gasteiger partial charge in [-0.1, -0.05) is 41.4 Å². The minimum Gasteiger partial charge on any atom is -0.455 e. The van der Waals surface area contributed by atoms with E-state index in [1.807, 2.05) is 6.92 Å². The zero-order chi connectivity index (χ0) is 22.8. The Labute approximate surface area is 189 Å². The third-order valence-corrected chi connectivity index (χ3v) is 4.78. The molecule has 0 heterocycles. The molecule has 0 unspecified atom stereocenters. The highest BCUT2D eigenvalue weighted by Crippen LogP contribution is 2.20. The smallest absolute Gasteiger partial charge is 0.306 e. The van der Waals surface area contributed by atoms with Gasteiger partial charge in [-0.2, -0.15) is 0 Å². The molecule has 2 aromatic rings. The van der Waals surface area contributed by atoms with Crippen LogP contribution in [0.2, 0.25) is 10.0 Å². The molecule has 31 heavy (non-hydrogen) atoms. The van der Waals surface area contributed by atoms with Gasteiger partial charge < -0.3 is 10.1 Å². The number of rotatable bonds is 8. The van der Waals surface area contributed by atoms with Crippen molar-refractivity contribution in [3.63, 3.8) is 0 Å². The van der Waals surface area contributed by atoms with E-state index in [4.69, 9.17) is 27.9 Å². The number of hydrogen-bond acceptors (Lipinski definition) is 5. The van der Waals surface area contributed by atoms with Gasteiger partial charge in [0.1, 0.15) is 0 Å². The van der Waals surface area contributed by atoms with Crippen LogP contribution in [0.3, 0.4) is 0 Å². The van der Waals surface area contributed by atoms with Crippen LogP contribution < -0.4 is 16.2 Å². The van der Waals surface area contributed by atoms with Gasteiger partial charge in [0.15, 0.2) is 6.61 Å². The maximum Gasteiger partial charge on any atom is 0.306 e. The number of aryl methyl sites for hydroxylation is 1. The Morgan fingerprint density at radius 3 is 2.35 bits per heavy atom. The molecule has 0 radical (unpaired) electrons. The molecule has 0 aliphatic heterocycles. The van der Waals surface area contributed by atoms with Gasteiger partial charge in [0.05, 0.1) is 10.6 Å². The van der Waals surface area contributed by atoms with Crippen LogP contribution in [-0.2, 0) is 19.1 Å². The first kappa shape index (κ1) is 24.2. The standard InChI is InChI=1S/C21H21Cl2N3O5/c1-13-9-10-14(11-17(13)23)24-18(27)7-4-8-20(29)31-12-19(28)25-26-21(30)15-5-2-3-6-16(15)22/h2-3,5-6,9-11H,4,7-8,12H2,1H3,(H,24,27)(H,25,28)(H,26,30). The second-order valence-electron chi connectivity index (χ2n) is 6.51. The molecule has 164 valence electrons. The number of halogens is 2. The van der Waals surface area contributed by atoms with Gasteiger partial charge >= 0.3 is 5.97 Å². The van der Waals surface area contributed by atoms with Crippen molar-refractivity contribution >= 4 is 52.6 Å². The van der Waals surface area contributed by atoms with Crippen molar-refractivity contribution < 1.29 is 23.9 Å². The average Bonchev–Trinajstić information content (AvgIpc) is 2.73. The molecule has 0 fully saturated rings. The number of carbonyl (C=O) groups excluding carboxylic acids is 4. The van der Waals surface area contributed by atoms with Crippen molar-refractivity contribution in [3.05, 3.63) is 63.6 Å². The molecule has 0 aliphatic rings. The van der Waals surface area contributed by atoms with Gasteiger partial charge in [-0.05, 0) is 43.2 Å². The van der Waals surface area contributed by atoms with Crippen LogP contribution in [0.5, 0.6) is 0 Å². The fourth-order valence-electron chi connectivity index (χ4n) is 2.38. The average molecular weight is 466 g/mol. The third-order valence-electron chi connectivity index (χ3n) is 4.04. The molecule has 3 amide bonds. The summed E-state index contributed by atoms with van der Waals surface area (Å²) in [5, 5.41) is 3.47. The SMILES string of the molecule is Cc1ccc(NC(=O)CCCC(=O)OCC(=O)NNC(=O)c2ccccc2Cl)cc1Cl. The molecule has 8 nitrogen and oxygen atoms in total. The minimum atomic E-state index is -0.720. The van der Waals surface area contributed by atoms with Gasteiger partial charge in [0.2, 0.25) is 5.91 Å². The van der Waals surface area contributed by atoms with Crippen LogP contribution in [0.1, 0.15) is 35.2 Å². The molecule has 3 N–H and O–H groups in total. The number of benzene rings is 2. The normalized spacial score (nSPS) is 10.2. The molecule has 0 spiro atoms. The molecule has 2 aromatic carbocycles. The van der Waals surface area contributed by atoms with E-state index >= 15 is 0 Å². The van der Waals surface area contributed by atoms with E-state index in [0.29, 0.717) is 10.7 Å². The summed E-state index contributed by atoms with van der Waals surface area (Å²) < 4.78 is 4.82. The monoisotopic (exact) mass is 465 g/mol. The molecular formula is C21H21Cl2N3O5. The predicted octanol–water partition coefficient (Wildman–Crippen LogP) is 3.42. The molecule has 0 saturated heterocycles. The molecule has 0 atom stereocenters. The number of nitrogens with one attached hydrogen (secondary N) is 3. The highest BCUT2D eigenvalue weighted by molar-refractivity contribution is 6.33. The molecule has 0 aliphatic carbocycles. The molecule has 0 aromatic heterocycles. The Bertz CT molecular complexity index is 981. The van der Waals surface area contributed by atoms with Crippen molar-refractivity contribution in [2.45, 2.75) is 26.2 Å². The first-order chi connectivity index (χ1) is 14.8. The predicted molar refractivity (Wildman–Crippen MR) is 117 cm³/mol. The Morgan fingerprint density at radius 1 is 0.903 bits per heavy atom. The lowest BCUT2D eigenvalue weighted by molar-refractivity contribution is -0.148. The second kappa shape index (κ2) is 11.9. The minimum absolute atomic E-state index is 0.0403. The Kier molecular flexibility index (Phi) is 9.30. The summed E-state index contributed by atoms with van der Waals surface area (Å²) >= 11 is 11.9. The Balaban J connectivity index is 1.62. The summed E-state index contributed by atoms with van der Waals surface area (Å²) in [6, 6.07) is 11.5. The molecule has 10 heteroatoms. The van der Waals surface area contributed by atoms with E-state index < -0.39 is 24.4 Å². The third kappa shape index (κ3) is 8.27. The lowest BCUT2D eigenvalue weighted by Crippen LogP contribution is -2.43. The van der Waals surface area contributed by atoms with Crippen LogP contribution in [-0.4, -0.2) is 30.3 Å². The lowest BCUT2D eigenvalue weighted by atomic mass is 10.2. The van der Waals surface area contributed by atoms with Gasteiger partial charge in [0.25, 0.3) is 11.8 Å². The second-order valence-corrected chi connectivity index (χ2v) is 7.32. The number of amides is 3. The number of hydrazine groups is 1. The summed E-state index contributed by atoms with van der Waals surface area (Å²) in [6.07, 6.45) is 0.303. The van der Waals surface area contributed by atoms with Crippen molar-refractivity contribution in [1.82, 2.24) is 10.9 Å². The maximum absolute atomic E-state index is 11.9. The van der Waals surface area contributed by atoms with E-state index in [0.717, 1.165) is 5.56 Å². The zero-order valence-corrected chi connectivity index (χ0v) is 18.2. The van der Waals surface area contributed by atoms with Crippen molar-refractivity contribution in [2.24, 2.45) is 0 Å². The molecule has 0 saturated carbocycles. The zero-order valence-electron chi connectivity index (χ0n) is 16.7. The summed E-state index contributed by atoms with van der Waals surface area (Å²) in [6.45, 7) is 1.28. The van der Waals surface area contributed by atoms with Gasteiger partial charge in [0, 0.05) is 23.6 Å². The van der Waals surface area contributed by atoms with E-state index in [1.165, 1.54) is 12.1 Å². The van der Waals surface area contributed by atoms with Gasteiger partial charge in [-0.15, -0.1) is 0 Å². The van der Waals surface area contributed by atoms with Crippen molar-refractivity contribution in [2.75, 3.05) is 11.9 Å². The van der Waals surface area contributed by atoms with E-state index in [9.17, 15) is 19.2 Å². The first-order valence-corrected chi connectivity index (χ1v) is 10.1. The molecule has 0 bridgehead atoms. The maximum atomic E-state index is 11.9. The fraction of sp³-hybridized carbons (Fsp3) is 0.238. The fourth-order valence-corrected chi connectivity index (χ4v) is 2.78. The highest BCUT2D eigenvalue weighted by Gasteiger charge is 2.12. The number of hydrogen-bond donors (Lipinski definition) is 3. The number of esters is 1. The van der Waals surface area contributed by atoms with E-state index in [1.54, 1.807) is 30.3 Å². The topological polar surface area (TPSA) is 114 Å². The van der Waals surface area contributed by atoms with Gasteiger partial charge in [-0.3, -0.25) is 30.0 Å².